The van der Waals surface area contributed by atoms with Crippen molar-refractivity contribution in [3.8, 4) is 34.2 Å². The highest BCUT2D eigenvalue weighted by atomic mass is 16.3. The van der Waals surface area contributed by atoms with Crippen LogP contribution in [-0.2, 0) is 0 Å². The van der Waals surface area contributed by atoms with E-state index in [-0.39, 0.29) is 0 Å². The minimum atomic E-state index is 0.604. The lowest BCUT2D eigenvalue weighted by molar-refractivity contribution is 0.670. The monoisotopic (exact) mass is 652 g/mol. The van der Waals surface area contributed by atoms with Crippen LogP contribution in [0, 0.1) is 0 Å². The van der Waals surface area contributed by atoms with E-state index in [2.05, 4.69) is 161 Å². The fourth-order valence-corrected chi connectivity index (χ4v) is 7.95. The third-order valence-corrected chi connectivity index (χ3v) is 10.1. The second-order valence-electron chi connectivity index (χ2n) is 13.0. The molecule has 238 valence electrons. The molecule has 11 aromatic rings. The summed E-state index contributed by atoms with van der Waals surface area (Å²) in [7, 11) is 0. The molecule has 4 aromatic heterocycles. The van der Waals surface area contributed by atoms with E-state index in [9.17, 15) is 0 Å². The molecule has 5 nitrogen and oxygen atoms in total. The summed E-state index contributed by atoms with van der Waals surface area (Å²) in [6.07, 6.45) is 0. The quantitative estimate of drug-likeness (QED) is 0.190. The summed E-state index contributed by atoms with van der Waals surface area (Å²) in [6.45, 7) is 0. The number of benzene rings is 7. The van der Waals surface area contributed by atoms with Crippen LogP contribution < -0.4 is 0 Å². The fraction of sp³-hybridized carbons (Fsp3) is 0. The number of hydrogen-bond donors (Lipinski definition) is 0. The maximum Gasteiger partial charge on any atom is 0.235 e. The van der Waals surface area contributed by atoms with Crippen LogP contribution in [0.1, 0.15) is 0 Å². The molecule has 0 aliphatic carbocycles. The van der Waals surface area contributed by atoms with Crippen molar-refractivity contribution in [3.63, 3.8) is 0 Å². The smallest absolute Gasteiger partial charge is 0.235 e. The van der Waals surface area contributed by atoms with Crippen molar-refractivity contribution in [1.29, 1.82) is 0 Å². The van der Waals surface area contributed by atoms with Gasteiger partial charge in [0.25, 0.3) is 0 Å². The summed E-state index contributed by atoms with van der Waals surface area (Å²) in [5, 5.41) is 6.90. The van der Waals surface area contributed by atoms with E-state index in [1.54, 1.807) is 0 Å². The molecule has 0 N–H and O–H groups in total. The first kappa shape index (κ1) is 27.9. The molecule has 0 radical (unpaired) electrons. The van der Waals surface area contributed by atoms with Crippen molar-refractivity contribution in [2.45, 2.75) is 0 Å². The topological polar surface area (TPSA) is 48.8 Å². The first-order chi connectivity index (χ1) is 25.3. The van der Waals surface area contributed by atoms with E-state index >= 15 is 0 Å². The molecule has 0 unspecified atom stereocenters. The Kier molecular flexibility index (Phi) is 5.89. The number of aromatic nitrogens is 4. The summed E-state index contributed by atoms with van der Waals surface area (Å²) in [6, 6.07) is 59.3. The lowest BCUT2D eigenvalue weighted by Gasteiger charge is -2.12. The second kappa shape index (κ2) is 10.8. The molecule has 0 fully saturated rings. The van der Waals surface area contributed by atoms with Crippen LogP contribution in [0.4, 0.5) is 0 Å². The minimum absolute atomic E-state index is 0.604. The van der Waals surface area contributed by atoms with Gasteiger partial charge in [-0.2, -0.15) is 0 Å². The molecule has 0 saturated heterocycles. The summed E-state index contributed by atoms with van der Waals surface area (Å²) < 4.78 is 11.1. The average molecular weight is 653 g/mol. The Labute approximate surface area is 292 Å². The molecule has 0 amide bonds. The summed E-state index contributed by atoms with van der Waals surface area (Å²) in [4.78, 5) is 10.7. The summed E-state index contributed by atoms with van der Waals surface area (Å²) in [5.74, 6) is 0.604. The summed E-state index contributed by atoms with van der Waals surface area (Å²) >= 11 is 0. The normalized spacial score (nSPS) is 11.9. The highest BCUT2D eigenvalue weighted by Gasteiger charge is 2.23. The van der Waals surface area contributed by atoms with Gasteiger partial charge in [0.2, 0.25) is 5.95 Å². The molecule has 51 heavy (non-hydrogen) atoms. The molecule has 11 rings (SSSR count). The summed E-state index contributed by atoms with van der Waals surface area (Å²) in [5.41, 5.74) is 10.8. The van der Waals surface area contributed by atoms with Crippen molar-refractivity contribution in [3.05, 3.63) is 170 Å². The fourth-order valence-electron chi connectivity index (χ4n) is 7.95. The highest BCUT2D eigenvalue weighted by molar-refractivity contribution is 6.26. The van der Waals surface area contributed by atoms with Gasteiger partial charge in [-0.15, -0.1) is 0 Å². The molecule has 0 saturated carbocycles. The first-order valence-corrected chi connectivity index (χ1v) is 17.2. The van der Waals surface area contributed by atoms with Gasteiger partial charge in [-0.25, -0.2) is 9.97 Å². The maximum atomic E-state index is 6.52. The largest absolute Gasteiger partial charge is 0.455 e. The Morgan fingerprint density at radius 2 is 1.08 bits per heavy atom. The van der Waals surface area contributed by atoms with E-state index in [1.165, 1.54) is 21.8 Å². The van der Waals surface area contributed by atoms with Crippen LogP contribution in [-0.4, -0.2) is 19.1 Å². The van der Waals surface area contributed by atoms with Crippen LogP contribution in [0.25, 0.3) is 99.7 Å². The Morgan fingerprint density at radius 1 is 0.431 bits per heavy atom. The first-order valence-electron chi connectivity index (χ1n) is 17.2. The molecule has 5 heteroatoms. The van der Waals surface area contributed by atoms with Crippen molar-refractivity contribution in [1.82, 2.24) is 19.1 Å². The van der Waals surface area contributed by atoms with Crippen molar-refractivity contribution in [2.75, 3.05) is 0 Å². The van der Waals surface area contributed by atoms with Gasteiger partial charge in [0.15, 0.2) is 0 Å². The molecule has 0 aliphatic rings. The lowest BCUT2D eigenvalue weighted by Crippen LogP contribution is -2.04. The molecule has 4 heterocycles. The highest BCUT2D eigenvalue weighted by Crippen LogP contribution is 2.42. The van der Waals surface area contributed by atoms with Crippen LogP contribution in [0.5, 0.6) is 0 Å². The lowest BCUT2D eigenvalue weighted by atomic mass is 10.0. The van der Waals surface area contributed by atoms with Crippen molar-refractivity contribution in [2.24, 2.45) is 0 Å². The third-order valence-electron chi connectivity index (χ3n) is 10.1. The van der Waals surface area contributed by atoms with E-state index in [1.807, 2.05) is 18.2 Å². The second-order valence-corrected chi connectivity index (χ2v) is 13.0. The van der Waals surface area contributed by atoms with Crippen molar-refractivity contribution >= 4 is 65.6 Å². The van der Waals surface area contributed by atoms with Crippen LogP contribution in [0.15, 0.2) is 174 Å². The number of fused-ring (bicyclic) bond motifs is 10. The average Bonchev–Trinajstić information content (AvgIpc) is 3.86. The number of rotatable bonds is 4. The zero-order valence-corrected chi connectivity index (χ0v) is 27.4. The molecular weight excluding hydrogens is 625 g/mol. The van der Waals surface area contributed by atoms with E-state index in [4.69, 9.17) is 14.4 Å². The van der Waals surface area contributed by atoms with E-state index < -0.39 is 0 Å². The van der Waals surface area contributed by atoms with Crippen LogP contribution >= 0.6 is 0 Å². The Morgan fingerprint density at radius 3 is 1.90 bits per heavy atom. The zero-order valence-electron chi connectivity index (χ0n) is 27.4. The molecule has 0 aliphatic heterocycles. The van der Waals surface area contributed by atoms with Crippen molar-refractivity contribution < 1.29 is 4.42 Å². The standard InChI is InChI=1S/C46H28N4O/c1-3-14-29(15-4-1)37-28-38(35-22-13-21-34-32-19-9-12-25-42(32)51-45(34)35)48-46(47-37)50-40-24-11-8-20-36(40)43-41(50)27-26-33-31-18-7-10-23-39(31)49(44(33)43)30-16-5-2-6-17-30/h1-28H. The van der Waals surface area contributed by atoms with Crippen LogP contribution in [0.3, 0.4) is 0 Å². The Hall–Kier alpha value is -6.98. The van der Waals surface area contributed by atoms with Crippen LogP contribution in [0.2, 0.25) is 0 Å². The van der Waals surface area contributed by atoms with Gasteiger partial charge in [-0.3, -0.25) is 4.57 Å². The number of para-hydroxylation sites is 5. The number of furan rings is 1. The predicted molar refractivity (Wildman–Crippen MR) is 209 cm³/mol. The maximum absolute atomic E-state index is 6.52. The van der Waals surface area contributed by atoms with Gasteiger partial charge < -0.3 is 8.98 Å². The number of nitrogens with zero attached hydrogens (tertiary/aromatic N) is 4. The van der Waals surface area contributed by atoms with E-state index in [0.717, 1.165) is 71.9 Å². The van der Waals surface area contributed by atoms with Gasteiger partial charge in [-0.1, -0.05) is 121 Å². The van der Waals surface area contributed by atoms with E-state index in [0.29, 0.717) is 5.95 Å². The molecular formula is C46H28N4O. The molecule has 0 atom stereocenters. The minimum Gasteiger partial charge on any atom is -0.455 e. The number of hydrogen-bond acceptors (Lipinski definition) is 3. The molecule has 0 spiro atoms. The SMILES string of the molecule is c1ccc(-c2cc(-c3cccc4c3oc3ccccc34)nc(-n3c4ccccc4c4c3ccc3c5ccccc5n(-c5ccccc5)c34)n2)cc1. The Balaban J connectivity index is 1.26. The van der Waals surface area contributed by atoms with Gasteiger partial charge >= 0.3 is 0 Å². The van der Waals surface area contributed by atoms with Gasteiger partial charge in [-0.05, 0) is 48.5 Å². The zero-order chi connectivity index (χ0) is 33.5. The Bertz CT molecular complexity index is 3130. The predicted octanol–water partition coefficient (Wildman–Crippen LogP) is 11.9. The molecule has 7 aromatic carbocycles. The van der Waals surface area contributed by atoms with Gasteiger partial charge in [0, 0.05) is 49.1 Å². The third kappa shape index (κ3) is 4.09. The molecule has 0 bridgehead atoms. The van der Waals surface area contributed by atoms with Gasteiger partial charge in [0.05, 0.1) is 33.5 Å². The van der Waals surface area contributed by atoms with Gasteiger partial charge in [0.1, 0.15) is 11.2 Å².